The summed E-state index contributed by atoms with van der Waals surface area (Å²) in [5.74, 6) is 0.249. The Balaban J connectivity index is 2.33. The molecule has 1 rings (SSSR count). The zero-order valence-electron chi connectivity index (χ0n) is 9.17. The van der Waals surface area contributed by atoms with Gasteiger partial charge in [-0.1, -0.05) is 29.3 Å². The maximum atomic E-state index is 11.6. The highest BCUT2D eigenvalue weighted by Crippen LogP contribution is 2.19. The molecule has 0 bridgehead atoms. The van der Waals surface area contributed by atoms with Gasteiger partial charge in [-0.15, -0.1) is 0 Å². The molecule has 1 fully saturated rings. The number of nitrogens with zero attached hydrogens (tertiary/aromatic N) is 1. The monoisotopic (exact) mass is 275 g/mol. The number of hydrogen-bond donors (Lipinski definition) is 0. The fourth-order valence-corrected chi connectivity index (χ4v) is 2.21. The molecule has 0 saturated carbocycles. The first-order valence-corrected chi connectivity index (χ1v) is 6.66. The molecule has 1 aliphatic rings. The van der Waals surface area contributed by atoms with Gasteiger partial charge in [0.1, 0.15) is 0 Å². The van der Waals surface area contributed by atoms with E-state index in [0.717, 1.165) is 24.6 Å². The number of likely N-dealkylation sites (tertiary alicyclic amines) is 1. The summed E-state index contributed by atoms with van der Waals surface area (Å²) in [6, 6.07) is 0. The average Bonchev–Trinajstić information content (AvgIpc) is 2.15. The normalized spacial score (nSPS) is 18.7. The van der Waals surface area contributed by atoms with Gasteiger partial charge in [0.15, 0.2) is 0 Å². The molecular weight excluding hydrogens is 258 g/mol. The van der Waals surface area contributed by atoms with E-state index in [1.165, 1.54) is 4.90 Å². The second kappa shape index (κ2) is 6.26. The van der Waals surface area contributed by atoms with Crippen LogP contribution in [0, 0.1) is 5.92 Å². The molecule has 0 radical (unpaired) electrons. The average molecular weight is 276 g/mol. The van der Waals surface area contributed by atoms with Gasteiger partial charge < -0.3 is 0 Å². The topological polar surface area (TPSA) is 37.4 Å². The molecule has 1 heterocycles. The lowest BCUT2D eigenvalue weighted by molar-refractivity contribution is -0.149. The molecular formula is C11H18BrNO2. The molecule has 0 spiro atoms. The second-order valence-corrected chi connectivity index (χ2v) is 5.00. The molecule has 1 aliphatic heterocycles. The second-order valence-electron chi connectivity index (χ2n) is 4.20. The van der Waals surface area contributed by atoms with E-state index in [0.29, 0.717) is 19.4 Å². The number of halogens is 1. The van der Waals surface area contributed by atoms with E-state index in [1.54, 1.807) is 0 Å². The number of rotatable bonds is 5. The Bertz CT molecular complexity index is 225. The van der Waals surface area contributed by atoms with Gasteiger partial charge in [-0.2, -0.15) is 0 Å². The smallest absolute Gasteiger partial charge is 0.229 e. The summed E-state index contributed by atoms with van der Waals surface area (Å²) in [4.78, 5) is 24.6. The van der Waals surface area contributed by atoms with Crippen LogP contribution in [0.2, 0.25) is 0 Å². The lowest BCUT2D eigenvalue weighted by Gasteiger charge is -2.28. The Labute approximate surface area is 99.3 Å². The Morgan fingerprint density at radius 3 is 2.33 bits per heavy atom. The van der Waals surface area contributed by atoms with Crippen molar-refractivity contribution in [3.8, 4) is 0 Å². The van der Waals surface area contributed by atoms with Gasteiger partial charge in [0.2, 0.25) is 11.8 Å². The maximum Gasteiger partial charge on any atom is 0.229 e. The molecule has 0 unspecified atom stereocenters. The molecule has 3 nitrogen and oxygen atoms in total. The Hall–Kier alpha value is -0.380. The highest BCUT2D eigenvalue weighted by atomic mass is 79.9. The van der Waals surface area contributed by atoms with Crippen molar-refractivity contribution >= 4 is 27.7 Å². The Kier molecular flexibility index (Phi) is 5.29. The van der Waals surface area contributed by atoms with Gasteiger partial charge in [0.05, 0.1) is 0 Å². The number of alkyl halides is 1. The summed E-state index contributed by atoms with van der Waals surface area (Å²) in [5.41, 5.74) is 0. The van der Waals surface area contributed by atoms with E-state index in [4.69, 9.17) is 0 Å². The van der Waals surface area contributed by atoms with Crippen LogP contribution < -0.4 is 0 Å². The zero-order valence-corrected chi connectivity index (χ0v) is 10.8. The third-order valence-corrected chi connectivity index (χ3v) is 3.22. The first-order chi connectivity index (χ1) is 7.15. The zero-order chi connectivity index (χ0) is 11.3. The molecule has 0 aromatic heterocycles. The van der Waals surface area contributed by atoms with E-state index in [1.807, 2.05) is 6.92 Å². The van der Waals surface area contributed by atoms with Crippen molar-refractivity contribution in [1.29, 1.82) is 0 Å². The SMILES string of the molecule is CC1CC(=O)N(CCCCCBr)C(=O)C1. The van der Waals surface area contributed by atoms with Crippen molar-refractivity contribution in [2.24, 2.45) is 5.92 Å². The van der Waals surface area contributed by atoms with Gasteiger partial charge in [-0.05, 0) is 18.8 Å². The summed E-state index contributed by atoms with van der Waals surface area (Å²) in [6.45, 7) is 2.56. The van der Waals surface area contributed by atoms with Gasteiger partial charge in [-0.25, -0.2) is 0 Å². The molecule has 2 amide bonds. The fourth-order valence-electron chi connectivity index (χ4n) is 1.82. The van der Waals surface area contributed by atoms with Crippen LogP contribution in [0.25, 0.3) is 0 Å². The van der Waals surface area contributed by atoms with Gasteiger partial charge >= 0.3 is 0 Å². The van der Waals surface area contributed by atoms with Crippen LogP contribution >= 0.6 is 15.9 Å². The predicted octanol–water partition coefficient (Wildman–Crippen LogP) is 2.34. The molecule has 0 aliphatic carbocycles. The fraction of sp³-hybridized carbons (Fsp3) is 0.818. The van der Waals surface area contributed by atoms with Crippen LogP contribution in [0.5, 0.6) is 0 Å². The highest BCUT2D eigenvalue weighted by Gasteiger charge is 2.29. The van der Waals surface area contributed by atoms with Crippen LogP contribution in [-0.4, -0.2) is 28.6 Å². The minimum absolute atomic E-state index is 0.0117. The van der Waals surface area contributed by atoms with Crippen LogP contribution in [0.15, 0.2) is 0 Å². The first kappa shape index (κ1) is 12.7. The third-order valence-electron chi connectivity index (χ3n) is 2.66. The Morgan fingerprint density at radius 2 is 1.80 bits per heavy atom. The largest absolute Gasteiger partial charge is 0.283 e. The molecule has 86 valence electrons. The summed E-state index contributed by atoms with van der Waals surface area (Å²) < 4.78 is 0. The van der Waals surface area contributed by atoms with Gasteiger partial charge in [0, 0.05) is 24.7 Å². The molecule has 15 heavy (non-hydrogen) atoms. The van der Waals surface area contributed by atoms with E-state index < -0.39 is 0 Å². The molecule has 0 aromatic carbocycles. The van der Waals surface area contributed by atoms with Crippen LogP contribution in [0.3, 0.4) is 0 Å². The first-order valence-electron chi connectivity index (χ1n) is 5.54. The minimum Gasteiger partial charge on any atom is -0.283 e. The van der Waals surface area contributed by atoms with Crippen molar-refractivity contribution in [3.05, 3.63) is 0 Å². The number of carbonyl (C=O) groups excluding carboxylic acids is 2. The van der Waals surface area contributed by atoms with Crippen LogP contribution in [0.1, 0.15) is 39.0 Å². The number of carbonyl (C=O) groups is 2. The van der Waals surface area contributed by atoms with Crippen molar-refractivity contribution < 1.29 is 9.59 Å². The van der Waals surface area contributed by atoms with Crippen molar-refractivity contribution in [2.45, 2.75) is 39.0 Å². The summed E-state index contributed by atoms with van der Waals surface area (Å²) in [7, 11) is 0. The summed E-state index contributed by atoms with van der Waals surface area (Å²) >= 11 is 3.36. The number of unbranched alkanes of at least 4 members (excludes halogenated alkanes) is 2. The van der Waals surface area contributed by atoms with E-state index >= 15 is 0 Å². The van der Waals surface area contributed by atoms with Gasteiger partial charge in [0.25, 0.3) is 0 Å². The molecule has 0 N–H and O–H groups in total. The Morgan fingerprint density at radius 1 is 1.20 bits per heavy atom. The minimum atomic E-state index is 0.0117. The molecule has 0 atom stereocenters. The quantitative estimate of drug-likeness (QED) is 0.439. The molecule has 4 heteroatoms. The van der Waals surface area contributed by atoms with E-state index in [-0.39, 0.29) is 17.7 Å². The third kappa shape index (κ3) is 3.93. The van der Waals surface area contributed by atoms with Crippen LogP contribution in [-0.2, 0) is 9.59 Å². The summed E-state index contributed by atoms with van der Waals surface area (Å²) in [6.07, 6.45) is 4.16. The van der Waals surface area contributed by atoms with Gasteiger partial charge in [-0.3, -0.25) is 14.5 Å². The maximum absolute atomic E-state index is 11.6. The predicted molar refractivity (Wildman–Crippen MR) is 62.8 cm³/mol. The highest BCUT2D eigenvalue weighted by molar-refractivity contribution is 9.09. The van der Waals surface area contributed by atoms with Crippen molar-refractivity contribution in [2.75, 3.05) is 11.9 Å². The van der Waals surface area contributed by atoms with Crippen LogP contribution in [0.4, 0.5) is 0 Å². The standard InChI is InChI=1S/C11H18BrNO2/c1-9-7-10(14)13(11(15)8-9)6-4-2-3-5-12/h9H,2-8H2,1H3. The number of amides is 2. The summed E-state index contributed by atoms with van der Waals surface area (Å²) in [5, 5.41) is 0.992. The lowest BCUT2D eigenvalue weighted by Crippen LogP contribution is -2.43. The lowest BCUT2D eigenvalue weighted by atomic mass is 9.97. The molecule has 0 aromatic rings. The van der Waals surface area contributed by atoms with Crippen molar-refractivity contribution in [3.63, 3.8) is 0 Å². The van der Waals surface area contributed by atoms with E-state index in [2.05, 4.69) is 15.9 Å². The number of piperidine rings is 1. The number of imide groups is 1. The van der Waals surface area contributed by atoms with Crippen molar-refractivity contribution in [1.82, 2.24) is 4.90 Å². The van der Waals surface area contributed by atoms with E-state index in [9.17, 15) is 9.59 Å². The number of hydrogen-bond acceptors (Lipinski definition) is 2. The molecule has 1 saturated heterocycles.